The summed E-state index contributed by atoms with van der Waals surface area (Å²) in [6.07, 6.45) is 11.7. The molecule has 2 atom stereocenters. The number of hydrogen-bond donors (Lipinski definition) is 0. The van der Waals surface area contributed by atoms with E-state index in [0.717, 1.165) is 0 Å². The van der Waals surface area contributed by atoms with E-state index in [1.807, 2.05) is 0 Å². The van der Waals surface area contributed by atoms with Crippen molar-refractivity contribution >= 4 is 11.1 Å². The first kappa shape index (κ1) is 18.4. The van der Waals surface area contributed by atoms with Crippen molar-refractivity contribution in [2.24, 2.45) is 5.92 Å². The fourth-order valence-corrected chi connectivity index (χ4v) is 5.71. The summed E-state index contributed by atoms with van der Waals surface area (Å²) in [6, 6.07) is 22.5. The van der Waals surface area contributed by atoms with Gasteiger partial charge in [0.2, 0.25) is 0 Å². The highest BCUT2D eigenvalue weighted by atomic mass is 14.4. The highest BCUT2D eigenvalue weighted by Crippen LogP contribution is 2.55. The molecule has 2 unspecified atom stereocenters. The van der Waals surface area contributed by atoms with Crippen molar-refractivity contribution in [2.45, 2.75) is 26.7 Å². The number of benzene rings is 3. The van der Waals surface area contributed by atoms with Gasteiger partial charge >= 0.3 is 0 Å². The molecule has 3 aromatic carbocycles. The van der Waals surface area contributed by atoms with E-state index in [0.29, 0.717) is 11.8 Å². The Bertz CT molecular complexity index is 1360. The summed E-state index contributed by atoms with van der Waals surface area (Å²) in [4.78, 5) is 0. The van der Waals surface area contributed by atoms with Crippen LogP contribution >= 0.6 is 0 Å². The Balaban J connectivity index is 1.46. The fourth-order valence-electron chi connectivity index (χ4n) is 5.71. The van der Waals surface area contributed by atoms with Crippen LogP contribution in [0, 0.1) is 26.7 Å². The Morgan fingerprint density at radius 3 is 2.42 bits per heavy atom. The third-order valence-corrected chi connectivity index (χ3v) is 7.43. The molecular weight excluding hydrogens is 372 g/mol. The molecule has 3 aromatic rings. The van der Waals surface area contributed by atoms with E-state index in [1.165, 1.54) is 61.2 Å². The van der Waals surface area contributed by atoms with Crippen molar-refractivity contribution in [3.63, 3.8) is 0 Å². The Labute approximate surface area is 185 Å². The molecule has 0 spiro atoms. The van der Waals surface area contributed by atoms with E-state index in [9.17, 15) is 0 Å². The van der Waals surface area contributed by atoms with Crippen molar-refractivity contribution in [1.82, 2.24) is 0 Å². The molecule has 0 aromatic heterocycles. The minimum absolute atomic E-state index is 0.446. The Kier molecular flexibility index (Phi) is 4.05. The largest absolute Gasteiger partial charge is 0.0754 e. The van der Waals surface area contributed by atoms with E-state index in [4.69, 9.17) is 0 Å². The van der Waals surface area contributed by atoms with Crippen LogP contribution in [0.3, 0.4) is 0 Å². The van der Waals surface area contributed by atoms with Gasteiger partial charge in [-0.3, -0.25) is 0 Å². The third-order valence-electron chi connectivity index (χ3n) is 7.43. The van der Waals surface area contributed by atoms with Gasteiger partial charge in [-0.05, 0) is 82.0 Å². The molecule has 0 fully saturated rings. The standard InChI is InChI=1S/C31H26/c1-19-8-6-11-24(21(19)3)23-15-14-22(18-20(23)2)25-16-17-30-27-10-5-4-9-26(27)29-13-7-12-28(25)31(29)30/h4-18,30-31H,1-3H3. The lowest BCUT2D eigenvalue weighted by atomic mass is 9.74. The maximum absolute atomic E-state index is 2.43. The molecule has 150 valence electrons. The molecule has 0 heteroatoms. The van der Waals surface area contributed by atoms with E-state index in [2.05, 4.69) is 112 Å². The van der Waals surface area contributed by atoms with Crippen molar-refractivity contribution in [3.05, 3.63) is 130 Å². The quantitative estimate of drug-likeness (QED) is 0.410. The van der Waals surface area contributed by atoms with Crippen molar-refractivity contribution in [1.29, 1.82) is 0 Å². The lowest BCUT2D eigenvalue weighted by Crippen LogP contribution is -2.14. The zero-order valence-corrected chi connectivity index (χ0v) is 18.3. The molecule has 0 radical (unpaired) electrons. The van der Waals surface area contributed by atoms with E-state index in [1.54, 1.807) is 0 Å². The van der Waals surface area contributed by atoms with Crippen molar-refractivity contribution in [2.75, 3.05) is 0 Å². The van der Waals surface area contributed by atoms with Crippen LogP contribution in [0.1, 0.15) is 39.3 Å². The van der Waals surface area contributed by atoms with Gasteiger partial charge in [0.15, 0.2) is 0 Å². The number of allylic oxidation sites excluding steroid dienone is 8. The first-order valence-electron chi connectivity index (χ1n) is 11.2. The number of hydrogen-bond acceptors (Lipinski definition) is 0. The summed E-state index contributed by atoms with van der Waals surface area (Å²) in [5.41, 5.74) is 15.2. The maximum atomic E-state index is 2.43. The Hall–Kier alpha value is -3.38. The zero-order valence-electron chi connectivity index (χ0n) is 18.3. The molecule has 0 nitrogen and oxygen atoms in total. The predicted molar refractivity (Wildman–Crippen MR) is 132 cm³/mol. The SMILES string of the molecule is Cc1cc(C2=C3C=CC=C4c5ccccc5C(C=C2)C43)ccc1-c1cccc(C)c1C. The number of aryl methyl sites for hydroxylation is 2. The van der Waals surface area contributed by atoms with Crippen molar-refractivity contribution in [3.8, 4) is 11.1 Å². The smallest absolute Gasteiger partial charge is 0.0205 e. The van der Waals surface area contributed by atoms with Crippen LogP contribution in [0.15, 0.2) is 96.6 Å². The number of rotatable bonds is 2. The molecule has 0 saturated carbocycles. The predicted octanol–water partition coefficient (Wildman–Crippen LogP) is 7.97. The molecule has 3 aliphatic rings. The lowest BCUT2D eigenvalue weighted by Gasteiger charge is -2.29. The summed E-state index contributed by atoms with van der Waals surface area (Å²) in [7, 11) is 0. The Morgan fingerprint density at radius 1 is 0.710 bits per heavy atom. The lowest BCUT2D eigenvalue weighted by molar-refractivity contribution is 0.725. The molecule has 3 aliphatic carbocycles. The minimum atomic E-state index is 0.446. The number of fused-ring (bicyclic) bond motifs is 3. The highest BCUT2D eigenvalue weighted by molar-refractivity contribution is 5.91. The van der Waals surface area contributed by atoms with Gasteiger partial charge in [0.25, 0.3) is 0 Å². The molecule has 0 heterocycles. The van der Waals surface area contributed by atoms with Crippen LogP contribution in [-0.2, 0) is 0 Å². The van der Waals surface area contributed by atoms with Gasteiger partial charge in [0, 0.05) is 11.8 Å². The molecule has 0 amide bonds. The normalized spacial score (nSPS) is 20.5. The maximum Gasteiger partial charge on any atom is 0.0205 e. The summed E-state index contributed by atoms with van der Waals surface area (Å²) in [5, 5.41) is 0. The van der Waals surface area contributed by atoms with Crippen LogP contribution < -0.4 is 0 Å². The minimum Gasteiger partial charge on any atom is -0.0754 e. The second kappa shape index (κ2) is 6.82. The molecular formula is C31H26. The molecule has 6 rings (SSSR count). The average molecular weight is 399 g/mol. The van der Waals surface area contributed by atoms with Gasteiger partial charge in [0.1, 0.15) is 0 Å². The first-order valence-corrected chi connectivity index (χ1v) is 11.2. The van der Waals surface area contributed by atoms with Crippen LogP contribution in [-0.4, -0.2) is 0 Å². The second-order valence-corrected chi connectivity index (χ2v) is 9.08. The summed E-state index contributed by atoms with van der Waals surface area (Å²) in [5.74, 6) is 0.905. The highest BCUT2D eigenvalue weighted by Gasteiger charge is 2.39. The van der Waals surface area contributed by atoms with Gasteiger partial charge in [-0.15, -0.1) is 0 Å². The molecule has 0 bridgehead atoms. The van der Waals surface area contributed by atoms with E-state index in [-0.39, 0.29) is 0 Å². The van der Waals surface area contributed by atoms with Crippen LogP contribution in [0.4, 0.5) is 0 Å². The van der Waals surface area contributed by atoms with Crippen LogP contribution in [0.2, 0.25) is 0 Å². The van der Waals surface area contributed by atoms with Gasteiger partial charge in [-0.25, -0.2) is 0 Å². The topological polar surface area (TPSA) is 0 Å². The Morgan fingerprint density at radius 2 is 1.55 bits per heavy atom. The van der Waals surface area contributed by atoms with Gasteiger partial charge in [0.05, 0.1) is 0 Å². The summed E-state index contributed by atoms with van der Waals surface area (Å²) < 4.78 is 0. The van der Waals surface area contributed by atoms with E-state index < -0.39 is 0 Å². The average Bonchev–Trinajstić information content (AvgIpc) is 3.12. The van der Waals surface area contributed by atoms with Crippen LogP contribution in [0.5, 0.6) is 0 Å². The van der Waals surface area contributed by atoms with E-state index >= 15 is 0 Å². The molecule has 0 saturated heterocycles. The van der Waals surface area contributed by atoms with Gasteiger partial charge in [-0.2, -0.15) is 0 Å². The monoisotopic (exact) mass is 398 g/mol. The summed E-state index contributed by atoms with van der Waals surface area (Å²) in [6.45, 7) is 6.66. The van der Waals surface area contributed by atoms with Gasteiger partial charge in [-0.1, -0.05) is 91.0 Å². The summed E-state index contributed by atoms with van der Waals surface area (Å²) >= 11 is 0. The van der Waals surface area contributed by atoms with Crippen molar-refractivity contribution < 1.29 is 0 Å². The first-order chi connectivity index (χ1) is 15.1. The zero-order chi connectivity index (χ0) is 21.1. The molecule has 31 heavy (non-hydrogen) atoms. The molecule has 0 aliphatic heterocycles. The fraction of sp³-hybridized carbons (Fsp3) is 0.161. The van der Waals surface area contributed by atoms with Crippen LogP contribution in [0.25, 0.3) is 22.3 Å². The molecule has 0 N–H and O–H groups in total. The second-order valence-electron chi connectivity index (χ2n) is 9.08. The van der Waals surface area contributed by atoms with Gasteiger partial charge < -0.3 is 0 Å². The third kappa shape index (κ3) is 2.68.